The first-order chi connectivity index (χ1) is 19.8. The lowest BCUT2D eigenvalue weighted by Gasteiger charge is -2.13. The molecule has 3 nitrogen and oxygen atoms in total. The van der Waals surface area contributed by atoms with Crippen molar-refractivity contribution in [3.05, 3.63) is 140 Å². The van der Waals surface area contributed by atoms with Crippen LogP contribution in [-0.2, 0) is 0 Å². The Labute approximate surface area is 231 Å². The van der Waals surface area contributed by atoms with Crippen molar-refractivity contribution in [3.8, 4) is 33.9 Å². The predicted octanol–water partition coefficient (Wildman–Crippen LogP) is 9.49. The Bertz CT molecular complexity index is 2080. The highest BCUT2D eigenvalue weighted by atomic mass is 14.9. The zero-order chi connectivity index (χ0) is 26.5. The van der Waals surface area contributed by atoms with Gasteiger partial charge in [-0.25, -0.2) is 9.97 Å². The second-order valence-electron chi connectivity index (χ2n) is 10.2. The van der Waals surface area contributed by atoms with E-state index >= 15 is 0 Å². The molecule has 0 amide bonds. The summed E-state index contributed by atoms with van der Waals surface area (Å²) < 4.78 is 0. The van der Waals surface area contributed by atoms with Crippen molar-refractivity contribution in [3.63, 3.8) is 0 Å². The second-order valence-corrected chi connectivity index (χ2v) is 10.2. The average molecular weight is 510 g/mol. The molecular formula is C37H23N3. The Morgan fingerprint density at radius 3 is 1.32 bits per heavy atom. The minimum Gasteiger partial charge on any atom is -0.265 e. The largest absolute Gasteiger partial charge is 0.265 e. The van der Waals surface area contributed by atoms with Gasteiger partial charge in [-0.3, -0.25) is 4.98 Å². The zero-order valence-electron chi connectivity index (χ0n) is 21.6. The monoisotopic (exact) mass is 509 g/mol. The fraction of sp³-hybridized carbons (Fsp3) is 0. The van der Waals surface area contributed by atoms with E-state index in [0.717, 1.165) is 28.1 Å². The van der Waals surface area contributed by atoms with Crippen LogP contribution in [0.2, 0.25) is 0 Å². The first kappa shape index (κ1) is 22.6. The summed E-state index contributed by atoms with van der Waals surface area (Å²) in [6.07, 6.45) is 3.58. The molecular weight excluding hydrogens is 486 g/mol. The number of rotatable bonds is 3. The van der Waals surface area contributed by atoms with E-state index in [2.05, 4.69) is 120 Å². The van der Waals surface area contributed by atoms with Crippen molar-refractivity contribution in [1.82, 2.24) is 15.0 Å². The lowest BCUT2D eigenvalue weighted by atomic mass is 9.95. The molecule has 0 fully saturated rings. The van der Waals surface area contributed by atoms with E-state index in [0.29, 0.717) is 5.82 Å². The molecule has 0 aliphatic carbocycles. The van der Waals surface area contributed by atoms with Gasteiger partial charge in [0.25, 0.3) is 0 Å². The van der Waals surface area contributed by atoms with Gasteiger partial charge >= 0.3 is 0 Å². The summed E-state index contributed by atoms with van der Waals surface area (Å²) in [5.41, 5.74) is 4.92. The molecule has 2 heterocycles. The van der Waals surface area contributed by atoms with Gasteiger partial charge in [0.05, 0.1) is 11.4 Å². The Kier molecular flexibility index (Phi) is 5.14. The summed E-state index contributed by atoms with van der Waals surface area (Å²) in [6, 6.07) is 45.1. The highest BCUT2D eigenvalue weighted by Crippen LogP contribution is 2.36. The van der Waals surface area contributed by atoms with Gasteiger partial charge in [0.2, 0.25) is 0 Å². The van der Waals surface area contributed by atoms with E-state index < -0.39 is 0 Å². The van der Waals surface area contributed by atoms with E-state index in [4.69, 9.17) is 9.97 Å². The van der Waals surface area contributed by atoms with Crippen molar-refractivity contribution in [2.75, 3.05) is 0 Å². The number of pyridine rings is 1. The van der Waals surface area contributed by atoms with E-state index in [1.807, 2.05) is 12.1 Å². The van der Waals surface area contributed by atoms with E-state index in [-0.39, 0.29) is 0 Å². The zero-order valence-corrected chi connectivity index (χ0v) is 21.6. The Morgan fingerprint density at radius 1 is 0.375 bits per heavy atom. The summed E-state index contributed by atoms with van der Waals surface area (Å²) >= 11 is 0. The van der Waals surface area contributed by atoms with Crippen LogP contribution in [0, 0.1) is 0 Å². The molecule has 0 saturated heterocycles. The number of aromatic nitrogens is 3. The lowest BCUT2D eigenvalue weighted by molar-refractivity contribution is 1.18. The van der Waals surface area contributed by atoms with Crippen LogP contribution in [0.4, 0.5) is 0 Å². The summed E-state index contributed by atoms with van der Waals surface area (Å²) in [4.78, 5) is 14.5. The molecule has 6 aromatic carbocycles. The second kappa shape index (κ2) is 9.11. The van der Waals surface area contributed by atoms with Crippen LogP contribution in [0.3, 0.4) is 0 Å². The van der Waals surface area contributed by atoms with E-state index in [9.17, 15) is 0 Å². The number of fused-ring (bicyclic) bond motifs is 4. The minimum atomic E-state index is 0.686. The maximum absolute atomic E-state index is 5.12. The Balaban J connectivity index is 1.41. The van der Waals surface area contributed by atoms with Gasteiger partial charge in [-0.2, -0.15) is 0 Å². The quantitative estimate of drug-likeness (QED) is 0.223. The van der Waals surface area contributed by atoms with Crippen LogP contribution in [-0.4, -0.2) is 15.0 Å². The van der Waals surface area contributed by atoms with Gasteiger partial charge in [-0.05, 0) is 85.6 Å². The van der Waals surface area contributed by atoms with Gasteiger partial charge in [-0.1, -0.05) is 84.9 Å². The molecule has 0 aliphatic rings. The van der Waals surface area contributed by atoms with Gasteiger partial charge in [0, 0.05) is 29.1 Å². The fourth-order valence-electron chi connectivity index (χ4n) is 5.73. The molecule has 0 aliphatic heterocycles. The van der Waals surface area contributed by atoms with Crippen LogP contribution in [0.15, 0.2) is 140 Å². The van der Waals surface area contributed by atoms with Gasteiger partial charge in [-0.15, -0.1) is 0 Å². The molecule has 3 heteroatoms. The molecule has 0 saturated carbocycles. The third kappa shape index (κ3) is 3.79. The fourth-order valence-corrected chi connectivity index (χ4v) is 5.73. The first-order valence-electron chi connectivity index (χ1n) is 13.4. The summed E-state index contributed by atoms with van der Waals surface area (Å²) in [5.74, 6) is 0.686. The van der Waals surface area contributed by atoms with Crippen molar-refractivity contribution >= 4 is 43.1 Å². The molecule has 0 spiro atoms. The normalized spacial score (nSPS) is 11.5. The van der Waals surface area contributed by atoms with Crippen LogP contribution in [0.25, 0.3) is 77.0 Å². The van der Waals surface area contributed by atoms with Crippen molar-refractivity contribution in [2.45, 2.75) is 0 Å². The predicted molar refractivity (Wildman–Crippen MR) is 166 cm³/mol. The summed E-state index contributed by atoms with van der Waals surface area (Å²) in [6.45, 7) is 0. The molecule has 0 N–H and O–H groups in total. The molecule has 186 valence electrons. The number of hydrogen-bond acceptors (Lipinski definition) is 3. The van der Waals surface area contributed by atoms with Crippen molar-refractivity contribution in [2.24, 2.45) is 0 Å². The SMILES string of the molecule is c1ccc2cc3c(-c4cc(-c5cccc6cc7ccccc7cc56)nc(-c5ccncc5)n4)cccc3cc2c1. The van der Waals surface area contributed by atoms with Crippen LogP contribution in [0.1, 0.15) is 0 Å². The Hall–Kier alpha value is -5.41. The highest BCUT2D eigenvalue weighted by molar-refractivity contribution is 6.07. The molecule has 0 atom stereocenters. The number of benzene rings is 6. The third-order valence-electron chi connectivity index (χ3n) is 7.71. The van der Waals surface area contributed by atoms with E-state index in [1.54, 1.807) is 12.4 Å². The maximum atomic E-state index is 5.12. The molecule has 0 bridgehead atoms. The molecule has 2 aromatic heterocycles. The Morgan fingerprint density at radius 2 is 0.825 bits per heavy atom. The molecule has 0 unspecified atom stereocenters. The van der Waals surface area contributed by atoms with Crippen molar-refractivity contribution in [1.29, 1.82) is 0 Å². The number of hydrogen-bond donors (Lipinski definition) is 0. The lowest BCUT2D eigenvalue weighted by Crippen LogP contribution is -1.97. The summed E-state index contributed by atoms with van der Waals surface area (Å²) in [7, 11) is 0. The topological polar surface area (TPSA) is 38.7 Å². The van der Waals surface area contributed by atoms with Crippen molar-refractivity contribution < 1.29 is 0 Å². The minimum absolute atomic E-state index is 0.686. The van der Waals surface area contributed by atoms with Gasteiger partial charge in [0.15, 0.2) is 5.82 Å². The molecule has 8 rings (SSSR count). The summed E-state index contributed by atoms with van der Waals surface area (Å²) in [5, 5.41) is 9.63. The number of nitrogens with zero attached hydrogens (tertiary/aromatic N) is 3. The molecule has 0 radical (unpaired) electrons. The average Bonchev–Trinajstić information content (AvgIpc) is 3.02. The van der Waals surface area contributed by atoms with Crippen LogP contribution in [0.5, 0.6) is 0 Å². The molecule has 40 heavy (non-hydrogen) atoms. The van der Waals surface area contributed by atoms with Crippen LogP contribution < -0.4 is 0 Å². The first-order valence-corrected chi connectivity index (χ1v) is 13.4. The molecule has 8 aromatic rings. The highest BCUT2D eigenvalue weighted by Gasteiger charge is 2.15. The maximum Gasteiger partial charge on any atom is 0.160 e. The smallest absolute Gasteiger partial charge is 0.160 e. The standard InChI is InChI=1S/C37H23N3/c1-3-9-27-21-33-29(19-25(27)7-1)11-5-13-31(33)35-23-36(40-37(39-35)24-15-17-38-18-16-24)32-14-6-12-30-20-26-8-2-4-10-28(26)22-34(30)32/h1-23H. The van der Waals surface area contributed by atoms with Gasteiger partial charge < -0.3 is 0 Å². The van der Waals surface area contributed by atoms with Crippen LogP contribution >= 0.6 is 0 Å². The van der Waals surface area contributed by atoms with Gasteiger partial charge in [0.1, 0.15) is 0 Å². The third-order valence-corrected chi connectivity index (χ3v) is 7.71. The van der Waals surface area contributed by atoms with E-state index in [1.165, 1.54) is 43.1 Å².